The number of nitrogens with zero attached hydrogens (tertiary/aromatic N) is 7. The van der Waals surface area contributed by atoms with Gasteiger partial charge in [0.05, 0.1) is 39.9 Å². The molecule has 0 amide bonds. The second-order valence-electron chi connectivity index (χ2n) is 10.9. The smallest absolute Gasteiger partial charge is 0.333 e. The lowest BCUT2D eigenvalue weighted by Gasteiger charge is -2.33. The molecular weight excluding hydrogens is 486 g/mol. The van der Waals surface area contributed by atoms with Gasteiger partial charge in [-0.25, -0.2) is 9.78 Å². The van der Waals surface area contributed by atoms with Gasteiger partial charge in [-0.05, 0) is 74.0 Å². The largest absolute Gasteiger partial charge is 0.354 e. The number of aromatic nitrogens is 4. The molecule has 0 saturated carbocycles. The van der Waals surface area contributed by atoms with Crippen LogP contribution >= 0.6 is 0 Å². The van der Waals surface area contributed by atoms with Gasteiger partial charge in [-0.3, -0.25) is 14.1 Å². The maximum atomic E-state index is 13.5. The van der Waals surface area contributed by atoms with E-state index in [-0.39, 0.29) is 5.69 Å². The lowest BCUT2D eigenvalue weighted by Crippen LogP contribution is -2.44. The first-order valence-electron chi connectivity index (χ1n) is 13.2. The van der Waals surface area contributed by atoms with Crippen LogP contribution in [0.1, 0.15) is 19.4 Å². The molecule has 0 spiro atoms. The Morgan fingerprint density at radius 2 is 1.62 bits per heavy atom. The zero-order valence-corrected chi connectivity index (χ0v) is 22.7. The molecule has 1 aliphatic heterocycles. The van der Waals surface area contributed by atoms with E-state index in [1.165, 1.54) is 0 Å². The summed E-state index contributed by atoms with van der Waals surface area (Å²) in [6.45, 7) is 7.73. The lowest BCUT2D eigenvalue weighted by atomic mass is 9.86. The number of rotatable bonds is 4. The number of imidazole rings is 1. The van der Waals surface area contributed by atoms with Crippen molar-refractivity contribution in [1.29, 1.82) is 5.26 Å². The van der Waals surface area contributed by atoms with Crippen LogP contribution in [-0.4, -0.2) is 57.2 Å². The summed E-state index contributed by atoms with van der Waals surface area (Å²) in [6, 6.07) is 20.4. The van der Waals surface area contributed by atoms with Gasteiger partial charge in [0, 0.05) is 44.8 Å². The molecule has 1 aliphatic rings. The van der Waals surface area contributed by atoms with Gasteiger partial charge in [0.1, 0.15) is 5.82 Å². The summed E-state index contributed by atoms with van der Waals surface area (Å²) in [7, 11) is 3.92. The van der Waals surface area contributed by atoms with Crippen LogP contribution in [0.25, 0.3) is 38.8 Å². The standard InChI is InChI=1S/C31H31N7O/c1-31(2,20-32)23-6-8-24(9-7-23)38-29-25-17-21(5-10-26(25)34-19-27(29)36(4)30(38)39)22-11-12-33-28(18-22)37-15-13-35(3)14-16-37/h5-12,17-19H,13-16H2,1-4H3. The average Bonchev–Trinajstić information content (AvgIpc) is 3.23. The fourth-order valence-electron chi connectivity index (χ4n) is 5.31. The molecule has 6 rings (SSSR count). The van der Waals surface area contributed by atoms with Gasteiger partial charge in [0.15, 0.2) is 0 Å². The summed E-state index contributed by atoms with van der Waals surface area (Å²) < 4.78 is 3.38. The quantitative estimate of drug-likeness (QED) is 0.349. The molecule has 5 aromatic rings. The van der Waals surface area contributed by atoms with Crippen LogP contribution in [0.5, 0.6) is 0 Å². The number of hydrogen-bond donors (Lipinski definition) is 0. The fourth-order valence-corrected chi connectivity index (χ4v) is 5.31. The number of hydrogen-bond acceptors (Lipinski definition) is 6. The van der Waals surface area contributed by atoms with Crippen molar-refractivity contribution in [2.45, 2.75) is 19.3 Å². The normalized spacial score (nSPS) is 14.7. The molecule has 0 unspecified atom stereocenters. The first-order chi connectivity index (χ1) is 18.8. The second kappa shape index (κ2) is 9.37. The molecule has 0 radical (unpaired) electrons. The molecule has 1 fully saturated rings. The molecule has 3 aromatic heterocycles. The van der Waals surface area contributed by atoms with Crippen LogP contribution in [-0.2, 0) is 12.5 Å². The first-order valence-corrected chi connectivity index (χ1v) is 13.2. The molecule has 4 heterocycles. The second-order valence-corrected chi connectivity index (χ2v) is 10.9. The molecule has 196 valence electrons. The van der Waals surface area contributed by atoms with Crippen LogP contribution in [0.2, 0.25) is 0 Å². The predicted molar refractivity (Wildman–Crippen MR) is 155 cm³/mol. The van der Waals surface area contributed by atoms with Gasteiger partial charge in [0.2, 0.25) is 0 Å². The van der Waals surface area contributed by atoms with Gasteiger partial charge in [0.25, 0.3) is 0 Å². The lowest BCUT2D eigenvalue weighted by molar-refractivity contribution is 0.312. The molecule has 0 atom stereocenters. The third kappa shape index (κ3) is 4.25. The van der Waals surface area contributed by atoms with Crippen LogP contribution in [0.15, 0.2) is 71.8 Å². The Balaban J connectivity index is 1.49. The Morgan fingerprint density at radius 1 is 0.897 bits per heavy atom. The summed E-state index contributed by atoms with van der Waals surface area (Å²) in [5, 5.41) is 10.4. The Bertz CT molecular complexity index is 1800. The summed E-state index contributed by atoms with van der Waals surface area (Å²) >= 11 is 0. The minimum Gasteiger partial charge on any atom is -0.354 e. The van der Waals surface area contributed by atoms with E-state index >= 15 is 0 Å². The SMILES string of the molecule is CN1CCN(c2cc(-c3ccc4ncc5c(c4c3)n(-c3ccc(C(C)(C)C#N)cc3)c(=O)n5C)ccn2)CC1. The number of pyridine rings is 2. The first kappa shape index (κ1) is 24.8. The van der Waals surface area contributed by atoms with Crippen molar-refractivity contribution >= 4 is 27.8 Å². The highest BCUT2D eigenvalue weighted by Crippen LogP contribution is 2.31. The summed E-state index contributed by atoms with van der Waals surface area (Å²) in [6.07, 6.45) is 3.63. The van der Waals surface area contributed by atoms with E-state index in [0.717, 1.165) is 76.3 Å². The van der Waals surface area contributed by atoms with E-state index in [0.29, 0.717) is 0 Å². The highest BCUT2D eigenvalue weighted by atomic mass is 16.1. The van der Waals surface area contributed by atoms with E-state index in [9.17, 15) is 10.1 Å². The number of anilines is 1. The molecule has 0 aliphatic carbocycles. The van der Waals surface area contributed by atoms with Crippen LogP contribution in [0.3, 0.4) is 0 Å². The molecular formula is C31H31N7O. The highest BCUT2D eigenvalue weighted by Gasteiger charge is 2.21. The number of nitriles is 1. The van der Waals surface area contributed by atoms with Crippen LogP contribution in [0.4, 0.5) is 5.82 Å². The fraction of sp³-hybridized carbons (Fsp3) is 0.290. The van der Waals surface area contributed by atoms with Crippen LogP contribution < -0.4 is 10.6 Å². The van der Waals surface area contributed by atoms with Gasteiger partial charge >= 0.3 is 5.69 Å². The molecule has 0 N–H and O–H groups in total. The Kier molecular flexibility index (Phi) is 5.96. The maximum Gasteiger partial charge on any atom is 0.333 e. The van der Waals surface area contributed by atoms with Crippen LogP contribution in [0, 0.1) is 11.3 Å². The van der Waals surface area contributed by atoms with E-state index in [1.54, 1.807) is 22.4 Å². The van der Waals surface area contributed by atoms with Gasteiger partial charge < -0.3 is 9.80 Å². The number of fused-ring (bicyclic) bond motifs is 3. The topological polar surface area (TPSA) is 83.0 Å². The third-order valence-corrected chi connectivity index (χ3v) is 7.92. The van der Waals surface area contributed by atoms with Gasteiger partial charge in [-0.1, -0.05) is 18.2 Å². The number of aryl methyl sites for hydroxylation is 1. The zero-order valence-electron chi connectivity index (χ0n) is 22.7. The van der Waals surface area contributed by atoms with E-state index in [1.807, 2.05) is 56.4 Å². The van der Waals surface area contributed by atoms with E-state index < -0.39 is 5.41 Å². The number of piperazine rings is 1. The Labute approximate surface area is 227 Å². The number of benzene rings is 2. The predicted octanol–water partition coefficient (Wildman–Crippen LogP) is 4.49. The number of likely N-dealkylation sites (N-methyl/N-ethyl adjacent to an activating group) is 1. The summed E-state index contributed by atoms with van der Waals surface area (Å²) in [5.41, 5.74) is 5.43. The van der Waals surface area contributed by atoms with Crippen molar-refractivity contribution in [3.8, 4) is 22.9 Å². The average molecular weight is 518 g/mol. The van der Waals surface area contributed by atoms with Crippen molar-refractivity contribution in [2.75, 3.05) is 38.1 Å². The summed E-state index contributed by atoms with van der Waals surface area (Å²) in [4.78, 5) is 27.5. The molecule has 39 heavy (non-hydrogen) atoms. The van der Waals surface area contributed by atoms with Crippen molar-refractivity contribution in [2.24, 2.45) is 7.05 Å². The molecule has 8 nitrogen and oxygen atoms in total. The minimum absolute atomic E-state index is 0.140. The van der Waals surface area contributed by atoms with Gasteiger partial charge in [-0.2, -0.15) is 5.26 Å². The van der Waals surface area contributed by atoms with E-state index in [2.05, 4.69) is 51.1 Å². The minimum atomic E-state index is -0.610. The highest BCUT2D eigenvalue weighted by molar-refractivity contribution is 6.04. The molecule has 0 bridgehead atoms. The molecule has 1 saturated heterocycles. The van der Waals surface area contributed by atoms with Crippen molar-refractivity contribution in [3.63, 3.8) is 0 Å². The van der Waals surface area contributed by atoms with Crippen molar-refractivity contribution in [1.82, 2.24) is 24.0 Å². The summed E-state index contributed by atoms with van der Waals surface area (Å²) in [5.74, 6) is 0.981. The zero-order chi connectivity index (χ0) is 27.3. The van der Waals surface area contributed by atoms with E-state index in [4.69, 9.17) is 0 Å². The Morgan fingerprint density at radius 3 is 2.33 bits per heavy atom. The maximum absolute atomic E-state index is 13.5. The molecule has 8 heteroatoms. The van der Waals surface area contributed by atoms with Gasteiger partial charge in [-0.15, -0.1) is 0 Å². The monoisotopic (exact) mass is 517 g/mol. The molecule has 2 aromatic carbocycles. The van der Waals surface area contributed by atoms with Crippen molar-refractivity contribution in [3.05, 3.63) is 83.0 Å². The Hall–Kier alpha value is -4.48. The third-order valence-electron chi connectivity index (χ3n) is 7.92. The van der Waals surface area contributed by atoms with Crippen molar-refractivity contribution < 1.29 is 0 Å².